The van der Waals surface area contributed by atoms with Gasteiger partial charge in [-0.05, 0) is 25.7 Å². The zero-order valence-electron chi connectivity index (χ0n) is 22.5. The van der Waals surface area contributed by atoms with Crippen LogP contribution in [0.3, 0.4) is 0 Å². The van der Waals surface area contributed by atoms with E-state index in [0.29, 0.717) is 70.8 Å². The second-order valence-corrected chi connectivity index (χ2v) is 10.6. The maximum Gasteiger partial charge on any atom is 0.315 e. The first-order chi connectivity index (χ1) is 18.5. The van der Waals surface area contributed by atoms with Crippen LogP contribution in [-0.2, 0) is 28.6 Å². The molecule has 2 saturated heterocycles. The molecule has 13 heteroatoms. The molecule has 0 aromatic rings. The van der Waals surface area contributed by atoms with Crippen LogP contribution in [0, 0.1) is 0 Å². The smallest absolute Gasteiger partial charge is 0.315 e. The van der Waals surface area contributed by atoms with Crippen molar-refractivity contribution >= 4 is 35.5 Å². The molecule has 0 spiro atoms. The molecule has 2 heterocycles. The highest BCUT2D eigenvalue weighted by Gasteiger charge is 2.42. The number of urea groups is 1. The number of unbranched alkanes of at least 4 members (excludes halogenated alkanes) is 1. The van der Waals surface area contributed by atoms with Crippen molar-refractivity contribution in [2.45, 2.75) is 68.7 Å². The first-order valence-corrected chi connectivity index (χ1v) is 14.7. The Morgan fingerprint density at radius 1 is 0.789 bits per heavy atom. The third-order valence-corrected chi connectivity index (χ3v) is 7.77. The van der Waals surface area contributed by atoms with Crippen molar-refractivity contribution in [3.05, 3.63) is 0 Å². The fraction of sp³-hybridized carbons (Fsp3) is 0.840. The highest BCUT2D eigenvalue weighted by atomic mass is 32.2. The number of thioether (sulfide) groups is 1. The molecule has 2 aliphatic heterocycles. The predicted molar refractivity (Wildman–Crippen MR) is 145 cm³/mol. The van der Waals surface area contributed by atoms with Crippen LogP contribution in [0.25, 0.3) is 0 Å². The van der Waals surface area contributed by atoms with E-state index in [-0.39, 0.29) is 48.7 Å². The lowest BCUT2D eigenvalue weighted by Crippen LogP contribution is -2.36. The molecule has 2 aliphatic rings. The Hall–Kier alpha value is -2.09. The van der Waals surface area contributed by atoms with E-state index in [2.05, 4.69) is 26.6 Å². The maximum atomic E-state index is 12.0. The van der Waals surface area contributed by atoms with Crippen molar-refractivity contribution in [1.29, 1.82) is 0 Å². The number of ether oxygens (including phenoxy) is 3. The second-order valence-electron chi connectivity index (χ2n) is 9.28. The zero-order chi connectivity index (χ0) is 27.4. The van der Waals surface area contributed by atoms with Gasteiger partial charge in [-0.3, -0.25) is 14.4 Å². The molecule has 0 unspecified atom stereocenters. The number of nitrogens with one attached hydrogen (secondary N) is 5. The van der Waals surface area contributed by atoms with Crippen LogP contribution < -0.4 is 26.6 Å². The van der Waals surface area contributed by atoms with Crippen molar-refractivity contribution in [3.8, 4) is 0 Å². The molecule has 0 bridgehead atoms. The lowest BCUT2D eigenvalue weighted by atomic mass is 10.0. The molecule has 2 rings (SSSR count). The molecule has 0 aliphatic carbocycles. The van der Waals surface area contributed by atoms with Crippen LogP contribution in [0.2, 0.25) is 0 Å². The fourth-order valence-electron chi connectivity index (χ4n) is 4.15. The molecular weight excluding hydrogens is 514 g/mol. The lowest BCUT2D eigenvalue weighted by Gasteiger charge is -2.16. The van der Waals surface area contributed by atoms with Crippen LogP contribution in [-0.4, -0.2) is 107 Å². The van der Waals surface area contributed by atoms with Gasteiger partial charge in [0.1, 0.15) is 0 Å². The van der Waals surface area contributed by atoms with Crippen LogP contribution in [0.15, 0.2) is 0 Å². The summed E-state index contributed by atoms with van der Waals surface area (Å²) in [5, 5.41) is 14.6. The molecule has 0 saturated carbocycles. The van der Waals surface area contributed by atoms with Crippen molar-refractivity contribution in [2.75, 3.05) is 65.5 Å². The molecule has 2 fully saturated rings. The van der Waals surface area contributed by atoms with Gasteiger partial charge < -0.3 is 40.8 Å². The van der Waals surface area contributed by atoms with Crippen LogP contribution in [0.5, 0.6) is 0 Å². The molecule has 3 atom stereocenters. The number of amides is 5. The van der Waals surface area contributed by atoms with Gasteiger partial charge in [0, 0.05) is 63.6 Å². The third-order valence-electron chi connectivity index (χ3n) is 6.26. The van der Waals surface area contributed by atoms with Gasteiger partial charge in [0.15, 0.2) is 0 Å². The van der Waals surface area contributed by atoms with E-state index in [9.17, 15) is 19.2 Å². The van der Waals surface area contributed by atoms with Gasteiger partial charge in [0.2, 0.25) is 17.7 Å². The zero-order valence-corrected chi connectivity index (χ0v) is 23.3. The third kappa shape index (κ3) is 14.2. The summed E-state index contributed by atoms with van der Waals surface area (Å²) in [4.78, 5) is 46.0. The Bertz CT molecular complexity index is 730. The van der Waals surface area contributed by atoms with Crippen LogP contribution in [0.4, 0.5) is 4.79 Å². The summed E-state index contributed by atoms with van der Waals surface area (Å²) in [6.07, 6.45) is 5.23. The number of hydrogen-bond acceptors (Lipinski definition) is 8. The number of carbonyl (C=O) groups is 4. The highest BCUT2D eigenvalue weighted by molar-refractivity contribution is 8.00. The average molecular weight is 560 g/mol. The monoisotopic (exact) mass is 559 g/mol. The quantitative estimate of drug-likeness (QED) is 0.0937. The van der Waals surface area contributed by atoms with Crippen molar-refractivity contribution in [2.24, 2.45) is 0 Å². The summed E-state index contributed by atoms with van der Waals surface area (Å²) in [7, 11) is 1.55. The summed E-state index contributed by atoms with van der Waals surface area (Å²) in [6, 6.07) is 0.420. The molecule has 0 aromatic carbocycles. The van der Waals surface area contributed by atoms with Crippen molar-refractivity contribution < 1.29 is 33.4 Å². The standard InChI is InChI=1S/C25H45N5O7S/c1-26-21(31)8-9-23(33)28-11-5-13-36-15-17-37-16-14-35-12-4-10-27-22(32)7-3-2-6-20-24-19(18-38-20)29-25(34)30-24/h19-20,24H,2-18H2,1H3,(H,26,31)(H,27,32)(H,28,33)(H2,29,30,34)/t19-,20-,24-/m0/s1. The van der Waals surface area contributed by atoms with Gasteiger partial charge in [0.05, 0.1) is 38.5 Å². The highest BCUT2D eigenvalue weighted by Crippen LogP contribution is 2.33. The predicted octanol–water partition coefficient (Wildman–Crippen LogP) is 0.301. The van der Waals surface area contributed by atoms with Gasteiger partial charge in [-0.25, -0.2) is 4.79 Å². The van der Waals surface area contributed by atoms with E-state index in [0.717, 1.165) is 31.4 Å². The first kappa shape index (κ1) is 32.1. The average Bonchev–Trinajstić information content (AvgIpc) is 3.46. The molecule has 12 nitrogen and oxygen atoms in total. The Balaban J connectivity index is 1.26. The van der Waals surface area contributed by atoms with Gasteiger partial charge in [0.25, 0.3) is 0 Å². The van der Waals surface area contributed by atoms with Crippen LogP contribution in [0.1, 0.15) is 51.4 Å². The van der Waals surface area contributed by atoms with E-state index in [4.69, 9.17) is 14.2 Å². The van der Waals surface area contributed by atoms with Gasteiger partial charge >= 0.3 is 6.03 Å². The number of fused-ring (bicyclic) bond motifs is 1. The van der Waals surface area contributed by atoms with E-state index >= 15 is 0 Å². The minimum atomic E-state index is -0.145. The summed E-state index contributed by atoms with van der Waals surface area (Å²) in [5.41, 5.74) is 0. The lowest BCUT2D eigenvalue weighted by molar-refractivity contribution is -0.126. The number of carbonyl (C=O) groups excluding carboxylic acids is 4. The molecule has 5 amide bonds. The summed E-state index contributed by atoms with van der Waals surface area (Å²) in [6.45, 7) is 4.14. The Morgan fingerprint density at radius 2 is 1.37 bits per heavy atom. The topological polar surface area (TPSA) is 156 Å². The van der Waals surface area contributed by atoms with Crippen LogP contribution >= 0.6 is 11.8 Å². The Kier molecular flexibility index (Phi) is 16.8. The SMILES string of the molecule is CNC(=O)CCC(=O)NCCCOCCOCCOCCCNC(=O)CCCC[C@@H]1SC[C@@H]2NC(=O)N[C@@H]21. The van der Waals surface area contributed by atoms with E-state index in [1.54, 1.807) is 7.05 Å². The molecule has 38 heavy (non-hydrogen) atoms. The van der Waals surface area contributed by atoms with E-state index in [1.807, 2.05) is 11.8 Å². The van der Waals surface area contributed by atoms with Gasteiger partial charge in [-0.2, -0.15) is 11.8 Å². The summed E-state index contributed by atoms with van der Waals surface area (Å²) >= 11 is 1.90. The van der Waals surface area contributed by atoms with E-state index < -0.39 is 0 Å². The molecular formula is C25H45N5O7S. The molecule has 5 N–H and O–H groups in total. The Morgan fingerprint density at radius 3 is 2.00 bits per heavy atom. The second kappa shape index (κ2) is 19.9. The maximum absolute atomic E-state index is 12.0. The molecule has 0 aromatic heterocycles. The Labute approximate surface area is 229 Å². The normalized spacial score (nSPS) is 19.9. The van der Waals surface area contributed by atoms with Gasteiger partial charge in [-0.15, -0.1) is 0 Å². The minimum Gasteiger partial charge on any atom is -0.379 e. The van der Waals surface area contributed by atoms with Gasteiger partial charge in [-0.1, -0.05) is 6.42 Å². The summed E-state index contributed by atoms with van der Waals surface area (Å²) < 4.78 is 16.4. The fourth-order valence-corrected chi connectivity index (χ4v) is 5.69. The number of hydrogen-bond donors (Lipinski definition) is 5. The minimum absolute atomic E-state index is 0.0590. The summed E-state index contributed by atoms with van der Waals surface area (Å²) in [5.74, 6) is 0.755. The van der Waals surface area contributed by atoms with E-state index in [1.165, 1.54) is 0 Å². The van der Waals surface area contributed by atoms with Crippen molar-refractivity contribution in [1.82, 2.24) is 26.6 Å². The number of rotatable bonds is 22. The first-order valence-electron chi connectivity index (χ1n) is 13.7. The molecule has 218 valence electrons. The molecule has 0 radical (unpaired) electrons. The largest absolute Gasteiger partial charge is 0.379 e. The van der Waals surface area contributed by atoms with Crippen molar-refractivity contribution in [3.63, 3.8) is 0 Å².